The van der Waals surface area contributed by atoms with Crippen LogP contribution in [0.3, 0.4) is 0 Å². The van der Waals surface area contributed by atoms with Crippen LogP contribution in [0.5, 0.6) is 0 Å². The first-order chi connectivity index (χ1) is 7.83. The molecule has 0 unspecified atom stereocenters. The van der Waals surface area contributed by atoms with Crippen molar-refractivity contribution in [2.45, 2.75) is 24.2 Å². The first-order valence-electron chi connectivity index (χ1n) is 5.00. The summed E-state index contributed by atoms with van der Waals surface area (Å²) in [6, 6.07) is 2.87. The van der Waals surface area contributed by atoms with Gasteiger partial charge in [-0.2, -0.15) is 0 Å². The molecule has 1 aromatic rings. The van der Waals surface area contributed by atoms with Gasteiger partial charge in [-0.25, -0.2) is 13.2 Å². The van der Waals surface area contributed by atoms with Crippen molar-refractivity contribution in [1.29, 1.82) is 0 Å². The van der Waals surface area contributed by atoms with Crippen molar-refractivity contribution < 1.29 is 22.7 Å². The monoisotopic (exact) mass is 278 g/mol. The third kappa shape index (κ3) is 4.08. The molecule has 0 aliphatic rings. The summed E-state index contributed by atoms with van der Waals surface area (Å²) in [6.07, 6.45) is 0. The fraction of sp³-hybridized carbons (Fsp3) is 0.500. The van der Waals surface area contributed by atoms with E-state index in [1.54, 1.807) is 13.8 Å². The molecule has 7 heteroatoms. The van der Waals surface area contributed by atoms with Gasteiger partial charge in [0.1, 0.15) is 0 Å². The van der Waals surface area contributed by atoms with Crippen LogP contribution in [0.15, 0.2) is 21.6 Å². The molecule has 5 nitrogen and oxygen atoms in total. The number of carboxylic acid groups (broad SMARTS) is 1. The zero-order valence-electron chi connectivity index (χ0n) is 9.54. The second-order valence-corrected chi connectivity index (χ2v) is 7.46. The lowest BCUT2D eigenvalue weighted by atomic mass is 10.5. The Kier molecular flexibility index (Phi) is 4.64. The van der Waals surface area contributed by atoms with Gasteiger partial charge in [-0.05, 0) is 26.0 Å². The van der Waals surface area contributed by atoms with Crippen LogP contribution in [0.2, 0.25) is 0 Å². The topological polar surface area (TPSA) is 84.6 Å². The molecule has 0 bridgehead atoms. The van der Waals surface area contributed by atoms with E-state index >= 15 is 0 Å². The molecule has 0 aliphatic heterocycles. The summed E-state index contributed by atoms with van der Waals surface area (Å²) in [6.45, 7) is 3.27. The summed E-state index contributed by atoms with van der Waals surface area (Å²) in [5.74, 6) is -0.864. The SMILES string of the molecule is CC(C)S(=O)(=O)CCSc1ccc(C(=O)O)o1. The molecule has 0 aliphatic carbocycles. The van der Waals surface area contributed by atoms with Gasteiger partial charge in [0.25, 0.3) is 0 Å². The van der Waals surface area contributed by atoms with Crippen LogP contribution in [-0.4, -0.2) is 36.2 Å². The average Bonchev–Trinajstić information content (AvgIpc) is 2.66. The Morgan fingerprint density at radius 2 is 2.12 bits per heavy atom. The van der Waals surface area contributed by atoms with Crippen LogP contribution in [0.1, 0.15) is 24.4 Å². The van der Waals surface area contributed by atoms with E-state index in [0.29, 0.717) is 10.8 Å². The highest BCUT2D eigenvalue weighted by molar-refractivity contribution is 8.00. The second-order valence-electron chi connectivity index (χ2n) is 3.69. The van der Waals surface area contributed by atoms with E-state index < -0.39 is 21.1 Å². The molecule has 1 rings (SSSR count). The number of carboxylic acids is 1. The maximum atomic E-state index is 11.5. The summed E-state index contributed by atoms with van der Waals surface area (Å²) in [5.41, 5.74) is 0. The van der Waals surface area contributed by atoms with Gasteiger partial charge in [0.2, 0.25) is 5.76 Å². The van der Waals surface area contributed by atoms with Gasteiger partial charge >= 0.3 is 5.97 Å². The predicted molar refractivity (Wildman–Crippen MR) is 65.3 cm³/mol. The lowest BCUT2D eigenvalue weighted by molar-refractivity contribution is 0.0656. The zero-order valence-corrected chi connectivity index (χ0v) is 11.2. The highest BCUT2D eigenvalue weighted by Gasteiger charge is 2.16. The number of rotatable bonds is 6. The Morgan fingerprint density at radius 1 is 1.47 bits per heavy atom. The molecule has 0 atom stereocenters. The van der Waals surface area contributed by atoms with Gasteiger partial charge in [-0.3, -0.25) is 0 Å². The van der Waals surface area contributed by atoms with E-state index in [2.05, 4.69) is 0 Å². The zero-order chi connectivity index (χ0) is 13.1. The molecular weight excluding hydrogens is 264 g/mol. The molecule has 0 spiro atoms. The van der Waals surface area contributed by atoms with Crippen LogP contribution in [0.25, 0.3) is 0 Å². The van der Waals surface area contributed by atoms with Crippen LogP contribution in [0, 0.1) is 0 Å². The summed E-state index contributed by atoms with van der Waals surface area (Å²) < 4.78 is 28.0. The maximum absolute atomic E-state index is 11.5. The Hall–Kier alpha value is -0.950. The van der Waals surface area contributed by atoms with Gasteiger partial charge in [-0.1, -0.05) is 11.8 Å². The Morgan fingerprint density at radius 3 is 2.59 bits per heavy atom. The number of thioether (sulfide) groups is 1. The minimum absolute atomic E-state index is 0.0540. The molecular formula is C10H14O5S2. The maximum Gasteiger partial charge on any atom is 0.371 e. The Bertz CT molecular complexity index is 487. The molecule has 17 heavy (non-hydrogen) atoms. The van der Waals surface area contributed by atoms with Gasteiger partial charge in [0.05, 0.1) is 11.0 Å². The second kappa shape index (κ2) is 5.59. The first-order valence-corrected chi connectivity index (χ1v) is 7.70. The molecule has 1 aromatic heterocycles. The normalized spacial score (nSPS) is 11.9. The summed E-state index contributed by atoms with van der Waals surface area (Å²) in [4.78, 5) is 10.5. The molecule has 0 saturated carbocycles. The van der Waals surface area contributed by atoms with Crippen molar-refractivity contribution in [3.63, 3.8) is 0 Å². The molecule has 1 heterocycles. The smallest absolute Gasteiger partial charge is 0.371 e. The van der Waals surface area contributed by atoms with Crippen LogP contribution in [0.4, 0.5) is 0 Å². The van der Waals surface area contributed by atoms with E-state index in [-0.39, 0.29) is 11.5 Å². The summed E-state index contributed by atoms with van der Waals surface area (Å²) in [5, 5.41) is 8.65. The third-order valence-corrected chi connectivity index (χ3v) is 5.50. The molecule has 0 aromatic carbocycles. The number of hydrogen-bond acceptors (Lipinski definition) is 5. The van der Waals surface area contributed by atoms with Gasteiger partial charge in [-0.15, -0.1) is 0 Å². The Labute approximate surface area is 104 Å². The van der Waals surface area contributed by atoms with Crippen molar-refractivity contribution in [1.82, 2.24) is 0 Å². The highest BCUT2D eigenvalue weighted by atomic mass is 32.2. The van der Waals surface area contributed by atoms with Gasteiger partial charge in [0, 0.05) is 5.75 Å². The summed E-state index contributed by atoms with van der Waals surface area (Å²) in [7, 11) is -3.06. The minimum atomic E-state index is -3.06. The standard InChI is InChI=1S/C10H14O5S2/c1-7(2)17(13,14)6-5-16-9-4-3-8(15-9)10(11)12/h3-4,7H,5-6H2,1-2H3,(H,11,12). The van der Waals surface area contributed by atoms with Gasteiger partial charge in [0.15, 0.2) is 14.9 Å². The van der Waals surface area contributed by atoms with E-state index in [0.717, 1.165) is 0 Å². The van der Waals surface area contributed by atoms with E-state index in [9.17, 15) is 13.2 Å². The van der Waals surface area contributed by atoms with E-state index in [4.69, 9.17) is 9.52 Å². The van der Waals surface area contributed by atoms with Crippen molar-refractivity contribution in [2.75, 3.05) is 11.5 Å². The van der Waals surface area contributed by atoms with Crippen molar-refractivity contribution in [3.05, 3.63) is 17.9 Å². The number of hydrogen-bond donors (Lipinski definition) is 1. The predicted octanol–water partition coefficient (Wildman–Crippen LogP) is 1.89. The fourth-order valence-electron chi connectivity index (χ4n) is 1.01. The lowest BCUT2D eigenvalue weighted by Gasteiger charge is -2.05. The number of sulfone groups is 1. The number of carbonyl (C=O) groups is 1. The van der Waals surface area contributed by atoms with E-state index in [1.165, 1.54) is 23.9 Å². The summed E-state index contributed by atoms with van der Waals surface area (Å²) >= 11 is 1.19. The molecule has 0 saturated heterocycles. The third-order valence-electron chi connectivity index (χ3n) is 2.12. The molecule has 0 radical (unpaired) electrons. The molecule has 1 N–H and O–H groups in total. The van der Waals surface area contributed by atoms with Gasteiger partial charge < -0.3 is 9.52 Å². The minimum Gasteiger partial charge on any atom is -0.475 e. The Balaban J connectivity index is 2.49. The molecule has 0 amide bonds. The van der Waals surface area contributed by atoms with Crippen LogP contribution in [-0.2, 0) is 9.84 Å². The molecule has 96 valence electrons. The van der Waals surface area contributed by atoms with Crippen LogP contribution >= 0.6 is 11.8 Å². The quantitative estimate of drug-likeness (QED) is 0.800. The first kappa shape index (κ1) is 14.1. The van der Waals surface area contributed by atoms with Crippen molar-refractivity contribution in [2.24, 2.45) is 0 Å². The van der Waals surface area contributed by atoms with Crippen LogP contribution < -0.4 is 0 Å². The molecule has 0 fully saturated rings. The highest BCUT2D eigenvalue weighted by Crippen LogP contribution is 2.21. The lowest BCUT2D eigenvalue weighted by Crippen LogP contribution is -2.18. The average molecular weight is 278 g/mol. The van der Waals surface area contributed by atoms with Crippen molar-refractivity contribution >= 4 is 27.6 Å². The van der Waals surface area contributed by atoms with E-state index in [1.807, 2.05) is 0 Å². The number of aromatic carboxylic acids is 1. The fourth-order valence-corrected chi connectivity index (χ4v) is 3.25. The number of furan rings is 1. The van der Waals surface area contributed by atoms with Crippen molar-refractivity contribution in [3.8, 4) is 0 Å². The largest absolute Gasteiger partial charge is 0.475 e.